The van der Waals surface area contributed by atoms with Crippen LogP contribution in [0.1, 0.15) is 2.74 Å². The molecule has 0 spiro atoms. The van der Waals surface area contributed by atoms with E-state index in [4.69, 9.17) is 7.29 Å². The van der Waals surface area contributed by atoms with Gasteiger partial charge in [0.15, 0.2) is 0 Å². The third kappa shape index (κ3) is 20.0. The van der Waals surface area contributed by atoms with Crippen molar-refractivity contribution in [1.82, 2.24) is 0 Å². The van der Waals surface area contributed by atoms with Crippen molar-refractivity contribution in [1.29, 1.82) is 0 Å². The molecule has 2 rings (SSSR count). The molecule has 0 unspecified atom stereocenters. The van der Waals surface area contributed by atoms with Crippen molar-refractivity contribution in [3.8, 4) is 0 Å². The summed E-state index contributed by atoms with van der Waals surface area (Å²) in [5.74, 6) is 0. The predicted octanol–water partition coefficient (Wildman–Crippen LogP) is -0.349. The first kappa shape index (κ1) is 27.9. The van der Waals surface area contributed by atoms with Gasteiger partial charge in [0.05, 0.1) is 12.5 Å². The smallest absolute Gasteiger partial charge is 0.744 e. The van der Waals surface area contributed by atoms with E-state index in [0.29, 0.717) is 0 Å². The second-order valence-corrected chi connectivity index (χ2v) is 10.2. The summed E-state index contributed by atoms with van der Waals surface area (Å²) in [5.41, 5.74) is 0. The van der Waals surface area contributed by atoms with E-state index in [0.717, 1.165) is 51.4 Å². The van der Waals surface area contributed by atoms with Gasteiger partial charge in [-0.25, -0.2) is 8.42 Å². The van der Waals surface area contributed by atoms with E-state index in [1.54, 1.807) is 0 Å². The molecular weight excluding hydrogens is 787 g/mol. The first-order chi connectivity index (χ1) is 12.8. The van der Waals surface area contributed by atoms with Gasteiger partial charge in [0.2, 0.25) is 0 Å². The first-order valence-electron chi connectivity index (χ1n) is 6.83. The van der Waals surface area contributed by atoms with Crippen LogP contribution in [0, 0.1) is 0 Å². The van der Waals surface area contributed by atoms with Crippen molar-refractivity contribution in [2.45, 2.75) is 9.79 Å². The molecule has 0 amide bonds. The van der Waals surface area contributed by atoms with Crippen molar-refractivity contribution in [2.75, 3.05) is 0 Å². The Kier molecular flexibility index (Phi) is 19.6. The minimum atomic E-state index is -4.35. The average Bonchev–Trinajstić information content (AvgIpc) is 2.56. The fourth-order valence-corrected chi connectivity index (χ4v) is 2.03. The Morgan fingerprint density at radius 1 is 0.889 bits per heavy atom. The summed E-state index contributed by atoms with van der Waals surface area (Å²) in [7, 11) is -8.46. The second-order valence-electron chi connectivity index (χ2n) is 3.56. The number of benzene rings is 2. The van der Waals surface area contributed by atoms with E-state index in [-0.39, 0.29) is 51.4 Å². The van der Waals surface area contributed by atoms with Gasteiger partial charge in [-0.15, -0.1) is 0 Å². The zero-order chi connectivity index (χ0) is 22.4. The van der Waals surface area contributed by atoms with Crippen LogP contribution in [0.5, 0.6) is 0 Å². The molecule has 27 heavy (non-hydrogen) atoms. The van der Waals surface area contributed by atoms with Crippen LogP contribution in [0.4, 0.5) is 0 Å². The maximum Gasteiger partial charge on any atom is 1.00 e. The van der Waals surface area contributed by atoms with Crippen LogP contribution < -0.4 is 29.6 Å². The molecule has 0 aromatic heterocycles. The third-order valence-electron chi connectivity index (χ3n) is 1.96. The molecule has 0 aliphatic carbocycles. The van der Waals surface area contributed by atoms with E-state index in [1.807, 2.05) is 0 Å². The minimum absolute atomic E-state index is 0. The molecule has 2 aromatic carbocycles. The van der Waals surface area contributed by atoms with Crippen LogP contribution in [0.3, 0.4) is 0 Å². The average molecular weight is 804 g/mol. The van der Waals surface area contributed by atoms with Crippen LogP contribution in [0.2, 0.25) is 0 Å². The standard InChI is InChI=1S/2C6H6O3S.2HNS.Na.2W/c2*7-10(8,9)6-4-2-1-3-5-6;2*1-2;;;/h2*1-5H,(H,7,8,9);2*2H;;;/q;;;;+1;;/p-1/i2*1T;;;;;. The Labute approximate surface area is 217 Å². The predicted molar refractivity (Wildman–Crippen MR) is 93.5 cm³/mol. The Balaban J connectivity index is -0.000000358. The molecule has 0 heterocycles. The fourth-order valence-electron chi connectivity index (χ4n) is 1.08. The maximum atomic E-state index is 10.4. The summed E-state index contributed by atoms with van der Waals surface area (Å²) in [5, 5.41) is 0. The summed E-state index contributed by atoms with van der Waals surface area (Å²) in [4.78, 5) is -0.484. The van der Waals surface area contributed by atoms with E-state index in [1.165, 1.54) is 36.4 Å². The molecule has 0 aliphatic rings. The number of hydrogen-bond donors (Lipinski definition) is 3. The molecule has 0 bridgehead atoms. The molecule has 0 fully saturated rings. The second kappa shape index (κ2) is 18.9. The molecule has 15 heteroatoms. The van der Waals surface area contributed by atoms with Gasteiger partial charge in [0, 0.05) is 0 Å². The zero-order valence-corrected chi connectivity index (χ0v) is 24.8. The minimum Gasteiger partial charge on any atom is -0.744 e. The van der Waals surface area contributed by atoms with Gasteiger partial charge in [-0.2, -0.15) is 8.42 Å². The van der Waals surface area contributed by atoms with Crippen LogP contribution in [0.25, 0.3) is 0 Å². The van der Waals surface area contributed by atoms with E-state index < -0.39 is 20.2 Å². The molecule has 1 N–H and O–H groups in total. The summed E-state index contributed by atoms with van der Waals surface area (Å²) >= 11 is 9.22. The third-order valence-corrected chi connectivity index (χ3v) is 3.68. The van der Waals surface area contributed by atoms with Crippen LogP contribution in [0.15, 0.2) is 76.2 Å². The van der Waals surface area contributed by atoms with Gasteiger partial charge >= 0.3 is 100 Å². The Bertz CT molecular complexity index is 870. The van der Waals surface area contributed by atoms with E-state index in [2.05, 4.69) is 31.4 Å². The van der Waals surface area contributed by atoms with E-state index in [9.17, 15) is 21.4 Å². The van der Waals surface area contributed by atoms with Crippen molar-refractivity contribution >= 4 is 45.9 Å². The summed E-state index contributed by atoms with van der Waals surface area (Å²) in [6, 6.07) is 10.1. The quantitative estimate of drug-likeness (QED) is 0.216. The number of hydrogen-bond acceptors (Lipinski definition) is 9. The van der Waals surface area contributed by atoms with Crippen molar-refractivity contribution in [3.63, 3.8) is 0 Å². The number of nitrogens with zero attached hydrogens (tertiary/aromatic N) is 2. The zero-order valence-electron chi connectivity index (χ0n) is 15.5. The Hall–Kier alpha value is 0.937. The van der Waals surface area contributed by atoms with Crippen molar-refractivity contribution in [3.05, 3.63) is 60.6 Å². The Morgan fingerprint density at radius 2 is 1.15 bits per heavy atom. The van der Waals surface area contributed by atoms with Gasteiger partial charge < -0.3 is 4.55 Å². The summed E-state index contributed by atoms with van der Waals surface area (Å²) in [6.45, 7) is 0. The van der Waals surface area contributed by atoms with Crippen molar-refractivity contribution < 1.29 is 97.5 Å². The molecule has 8 nitrogen and oxygen atoms in total. The molecule has 0 aliphatic heterocycles. The van der Waals surface area contributed by atoms with Crippen LogP contribution >= 0.6 is 25.6 Å². The SMILES string of the molecule is S[N]=[W].S[N]=[W].[3H]c1ccc(S(=O)(=O)O)cc1.[3H]c1ccc(S(=O)(=O)[O-])cc1.[Na+]. The molecule has 0 atom stereocenters. The summed E-state index contributed by atoms with van der Waals surface area (Å²) in [6.07, 6.45) is 0. The molecule has 0 saturated heterocycles. The van der Waals surface area contributed by atoms with Gasteiger partial charge in [-0.3, -0.25) is 4.55 Å². The largest absolute Gasteiger partial charge is 1.00 e. The monoisotopic (exact) mass is 804 g/mol. The molecule has 0 radical (unpaired) electrons. The molecule has 0 saturated carbocycles. The van der Waals surface area contributed by atoms with Gasteiger partial charge in [-0.1, -0.05) is 36.4 Å². The fraction of sp³-hybridized carbons (Fsp3) is 0. The molecule has 2 aromatic rings. The van der Waals surface area contributed by atoms with Crippen molar-refractivity contribution in [2.24, 2.45) is 5.80 Å². The topological polar surface area (TPSA) is 136 Å². The van der Waals surface area contributed by atoms with E-state index >= 15 is 0 Å². The molecular formula is C12H13N2NaO6S4W2. The van der Waals surface area contributed by atoms with Gasteiger partial charge in [-0.05, 0) is 24.3 Å². The maximum absolute atomic E-state index is 10.4. The van der Waals surface area contributed by atoms with Crippen LogP contribution in [-0.4, -0.2) is 25.9 Å². The summed E-state index contributed by atoms with van der Waals surface area (Å²) < 4.78 is 80.9. The van der Waals surface area contributed by atoms with Gasteiger partial charge in [0.1, 0.15) is 10.1 Å². The molecule has 144 valence electrons. The normalized spacial score (nSPS) is 10.4. The number of rotatable bonds is 2. The Morgan fingerprint density at radius 3 is 1.37 bits per heavy atom. The van der Waals surface area contributed by atoms with Gasteiger partial charge in [0.25, 0.3) is 10.1 Å². The van der Waals surface area contributed by atoms with Crippen LogP contribution in [-0.2, 0) is 59.5 Å². The number of thiol groups is 2. The first-order valence-corrected chi connectivity index (χ1v) is 12.1.